The molecule has 1 aromatic rings. The van der Waals surface area contributed by atoms with E-state index in [4.69, 9.17) is 4.74 Å². The highest BCUT2D eigenvalue weighted by atomic mass is 32.2. The largest absolute Gasteiger partial charge is 0.466 e. The van der Waals surface area contributed by atoms with Gasteiger partial charge >= 0.3 is 5.97 Å². The number of esters is 1. The van der Waals surface area contributed by atoms with E-state index in [0.717, 1.165) is 0 Å². The lowest BCUT2D eigenvalue weighted by atomic mass is 10.0. The van der Waals surface area contributed by atoms with Gasteiger partial charge in [-0.15, -0.1) is 0 Å². The summed E-state index contributed by atoms with van der Waals surface area (Å²) in [5.41, 5.74) is 0. The third kappa shape index (κ3) is 3.01. The quantitative estimate of drug-likeness (QED) is 0.751. The van der Waals surface area contributed by atoms with Gasteiger partial charge in [-0.05, 0) is 19.8 Å². The molecule has 0 aliphatic carbocycles. The number of carbonyl (C=O) groups excluding carboxylic acids is 1. The van der Waals surface area contributed by atoms with E-state index in [1.165, 1.54) is 21.4 Å². The van der Waals surface area contributed by atoms with Crippen LogP contribution in [0.4, 0.5) is 0 Å². The van der Waals surface area contributed by atoms with Gasteiger partial charge in [0.25, 0.3) is 0 Å². The first-order valence-electron chi connectivity index (χ1n) is 6.60. The Kier molecular flexibility index (Phi) is 4.44. The van der Waals surface area contributed by atoms with Gasteiger partial charge < -0.3 is 4.74 Å². The zero-order valence-corrected chi connectivity index (χ0v) is 12.5. The van der Waals surface area contributed by atoms with E-state index in [2.05, 4.69) is 5.10 Å². The van der Waals surface area contributed by atoms with Crippen molar-refractivity contribution < 1.29 is 17.9 Å². The van der Waals surface area contributed by atoms with Crippen LogP contribution in [0, 0.1) is 5.92 Å². The van der Waals surface area contributed by atoms with Crippen molar-refractivity contribution in [3.63, 3.8) is 0 Å². The first-order chi connectivity index (χ1) is 9.45. The summed E-state index contributed by atoms with van der Waals surface area (Å²) in [5.74, 6) is -0.700. The highest BCUT2D eigenvalue weighted by molar-refractivity contribution is 7.89. The van der Waals surface area contributed by atoms with Crippen molar-refractivity contribution in [1.82, 2.24) is 14.1 Å². The third-order valence-corrected chi connectivity index (χ3v) is 5.14. The zero-order chi connectivity index (χ0) is 14.8. The van der Waals surface area contributed by atoms with E-state index >= 15 is 0 Å². The van der Waals surface area contributed by atoms with E-state index in [1.807, 2.05) is 0 Å². The molecule has 2 heterocycles. The Labute approximate surface area is 118 Å². The zero-order valence-electron chi connectivity index (χ0n) is 11.7. The molecule has 1 atom stereocenters. The maximum Gasteiger partial charge on any atom is 0.310 e. The van der Waals surface area contributed by atoms with E-state index in [9.17, 15) is 13.2 Å². The average Bonchev–Trinajstić information content (AvgIpc) is 2.86. The monoisotopic (exact) mass is 301 g/mol. The molecule has 1 aromatic heterocycles. The molecule has 8 heteroatoms. The van der Waals surface area contributed by atoms with Gasteiger partial charge in [-0.25, -0.2) is 8.42 Å². The van der Waals surface area contributed by atoms with Crippen molar-refractivity contribution in [3.05, 3.63) is 12.4 Å². The van der Waals surface area contributed by atoms with Crippen molar-refractivity contribution in [1.29, 1.82) is 0 Å². The number of carbonyl (C=O) groups is 1. The molecule has 2 rings (SSSR count). The molecule has 1 unspecified atom stereocenters. The van der Waals surface area contributed by atoms with Crippen LogP contribution in [0.1, 0.15) is 19.8 Å². The molecule has 1 aliphatic heterocycles. The van der Waals surface area contributed by atoms with Gasteiger partial charge in [-0.2, -0.15) is 9.40 Å². The maximum atomic E-state index is 12.4. The predicted molar refractivity (Wildman–Crippen MR) is 71.3 cm³/mol. The smallest absolute Gasteiger partial charge is 0.310 e. The summed E-state index contributed by atoms with van der Waals surface area (Å²) in [4.78, 5) is 11.9. The number of nitrogens with zero attached hydrogens (tertiary/aromatic N) is 3. The Hall–Kier alpha value is -1.41. The standard InChI is InChI=1S/C12H19N3O4S/c1-3-19-12(16)10-5-4-6-15(8-10)20(17,18)11-7-13-14(2)9-11/h7,9-10H,3-6,8H2,1-2H3. The lowest BCUT2D eigenvalue weighted by Crippen LogP contribution is -2.42. The summed E-state index contributed by atoms with van der Waals surface area (Å²) < 4.78 is 32.7. The molecule has 7 nitrogen and oxygen atoms in total. The van der Waals surface area contributed by atoms with Crippen molar-refractivity contribution >= 4 is 16.0 Å². The minimum atomic E-state index is -3.58. The molecule has 0 aromatic carbocycles. The van der Waals surface area contributed by atoms with Gasteiger partial charge in [0, 0.05) is 26.3 Å². The van der Waals surface area contributed by atoms with Crippen LogP contribution in [0.15, 0.2) is 17.3 Å². The molecule has 20 heavy (non-hydrogen) atoms. The second-order valence-corrected chi connectivity index (χ2v) is 6.74. The van der Waals surface area contributed by atoms with E-state index in [1.54, 1.807) is 14.0 Å². The van der Waals surface area contributed by atoms with E-state index < -0.39 is 10.0 Å². The van der Waals surface area contributed by atoms with Crippen LogP contribution in [0.5, 0.6) is 0 Å². The molecule has 0 spiro atoms. The van der Waals surface area contributed by atoms with Crippen LogP contribution in [0.3, 0.4) is 0 Å². The molecule has 0 saturated carbocycles. The molecule has 1 aliphatic rings. The summed E-state index contributed by atoms with van der Waals surface area (Å²) in [6.45, 7) is 2.65. The number of piperidine rings is 1. The Balaban J connectivity index is 2.14. The first kappa shape index (κ1) is 15.0. The lowest BCUT2D eigenvalue weighted by Gasteiger charge is -2.30. The summed E-state index contributed by atoms with van der Waals surface area (Å²) in [6, 6.07) is 0. The fourth-order valence-corrected chi connectivity index (χ4v) is 3.80. The van der Waals surface area contributed by atoms with Gasteiger partial charge in [0.05, 0.1) is 18.7 Å². The Morgan fingerprint density at radius 2 is 2.30 bits per heavy atom. The van der Waals surface area contributed by atoms with Gasteiger partial charge in [-0.3, -0.25) is 9.48 Å². The number of hydrogen-bond acceptors (Lipinski definition) is 5. The SMILES string of the molecule is CCOC(=O)C1CCCN(S(=O)(=O)c2cnn(C)c2)C1. The topological polar surface area (TPSA) is 81.5 Å². The van der Waals surface area contributed by atoms with Crippen LogP contribution in [0.2, 0.25) is 0 Å². The fraction of sp³-hybridized carbons (Fsp3) is 0.667. The van der Waals surface area contributed by atoms with Crippen molar-refractivity contribution in [2.45, 2.75) is 24.7 Å². The van der Waals surface area contributed by atoms with Crippen molar-refractivity contribution in [2.75, 3.05) is 19.7 Å². The highest BCUT2D eigenvalue weighted by Crippen LogP contribution is 2.24. The first-order valence-corrected chi connectivity index (χ1v) is 8.04. The Morgan fingerprint density at radius 1 is 1.55 bits per heavy atom. The minimum Gasteiger partial charge on any atom is -0.466 e. The normalized spacial score (nSPS) is 20.8. The minimum absolute atomic E-state index is 0.157. The van der Waals surface area contributed by atoms with Crippen LogP contribution in [0.25, 0.3) is 0 Å². The van der Waals surface area contributed by atoms with Gasteiger partial charge in [0.15, 0.2) is 0 Å². The molecule has 0 amide bonds. The maximum absolute atomic E-state index is 12.4. The number of rotatable bonds is 4. The highest BCUT2D eigenvalue weighted by Gasteiger charge is 2.34. The number of aromatic nitrogens is 2. The number of sulfonamides is 1. The predicted octanol–water partition coefficient (Wildman–Crippen LogP) is 0.384. The van der Waals surface area contributed by atoms with Crippen LogP contribution < -0.4 is 0 Å². The third-order valence-electron chi connectivity index (χ3n) is 3.32. The molecular weight excluding hydrogens is 282 g/mol. The summed E-state index contributed by atoms with van der Waals surface area (Å²) in [6.07, 6.45) is 4.10. The molecular formula is C12H19N3O4S. The Morgan fingerprint density at radius 3 is 2.90 bits per heavy atom. The van der Waals surface area contributed by atoms with E-state index in [-0.39, 0.29) is 23.3 Å². The average molecular weight is 301 g/mol. The van der Waals surface area contributed by atoms with E-state index in [0.29, 0.717) is 26.0 Å². The second kappa shape index (κ2) is 5.92. The molecule has 112 valence electrons. The van der Waals surface area contributed by atoms with Crippen LogP contribution in [-0.4, -0.2) is 48.2 Å². The number of hydrogen-bond donors (Lipinski definition) is 0. The molecule has 0 N–H and O–H groups in total. The molecule has 1 saturated heterocycles. The lowest BCUT2D eigenvalue weighted by molar-refractivity contribution is -0.149. The number of aryl methyl sites for hydroxylation is 1. The molecule has 1 fully saturated rings. The van der Waals surface area contributed by atoms with Gasteiger partial charge in [0.1, 0.15) is 4.90 Å². The van der Waals surface area contributed by atoms with Crippen molar-refractivity contribution in [2.24, 2.45) is 13.0 Å². The van der Waals surface area contributed by atoms with Crippen LogP contribution >= 0.6 is 0 Å². The molecule has 0 bridgehead atoms. The van der Waals surface area contributed by atoms with Crippen LogP contribution in [-0.2, 0) is 26.6 Å². The summed E-state index contributed by atoms with van der Waals surface area (Å²) >= 11 is 0. The van der Waals surface area contributed by atoms with Gasteiger partial charge in [-0.1, -0.05) is 0 Å². The second-order valence-electron chi connectivity index (χ2n) is 4.80. The van der Waals surface area contributed by atoms with Crippen molar-refractivity contribution in [3.8, 4) is 0 Å². The summed E-state index contributed by atoms with van der Waals surface area (Å²) in [7, 11) is -1.92. The summed E-state index contributed by atoms with van der Waals surface area (Å²) in [5, 5.41) is 3.88. The Bertz CT molecular complexity index is 581. The van der Waals surface area contributed by atoms with Gasteiger partial charge in [0.2, 0.25) is 10.0 Å². The molecule has 0 radical (unpaired) electrons. The number of ether oxygens (including phenoxy) is 1. The fourth-order valence-electron chi connectivity index (χ4n) is 2.29.